The molecule has 5 heteroatoms. The highest BCUT2D eigenvalue weighted by atomic mass is 19.4. The molecule has 1 atom stereocenters. The van der Waals surface area contributed by atoms with Crippen LogP contribution < -0.4 is 5.32 Å². The highest BCUT2D eigenvalue weighted by molar-refractivity contribution is 5.96. The predicted octanol–water partition coefficient (Wildman–Crippen LogP) is 2.06. The van der Waals surface area contributed by atoms with Gasteiger partial charge >= 0.3 is 6.18 Å². The van der Waals surface area contributed by atoms with Gasteiger partial charge in [-0.1, -0.05) is 5.57 Å². The van der Waals surface area contributed by atoms with E-state index < -0.39 is 17.4 Å². The molecule has 0 amide bonds. The summed E-state index contributed by atoms with van der Waals surface area (Å²) in [6.07, 6.45) is -3.56. The Morgan fingerprint density at radius 3 is 2.33 bits per heavy atom. The van der Waals surface area contributed by atoms with Crippen LogP contribution in [0.4, 0.5) is 13.2 Å². The van der Waals surface area contributed by atoms with Crippen LogP contribution in [0.2, 0.25) is 0 Å². The predicted molar refractivity (Wildman–Crippen MR) is 50.4 cm³/mol. The molecule has 0 radical (unpaired) electrons. The Labute approximate surface area is 86.5 Å². The topological polar surface area (TPSA) is 29.1 Å². The minimum absolute atomic E-state index is 0.168. The third-order valence-corrected chi connectivity index (χ3v) is 2.59. The highest BCUT2D eigenvalue weighted by Gasteiger charge is 2.60. The summed E-state index contributed by atoms with van der Waals surface area (Å²) in [5.74, 6) is -0.833. The maximum Gasteiger partial charge on any atom is 0.402 e. The van der Waals surface area contributed by atoms with Crippen molar-refractivity contribution in [2.75, 3.05) is 13.1 Å². The summed E-state index contributed by atoms with van der Waals surface area (Å²) in [5, 5.41) is 2.60. The fraction of sp³-hybridized carbons (Fsp3) is 0.700. The molecule has 1 fully saturated rings. The molecule has 0 aromatic rings. The van der Waals surface area contributed by atoms with E-state index in [2.05, 4.69) is 5.32 Å². The van der Waals surface area contributed by atoms with Gasteiger partial charge in [0, 0.05) is 6.54 Å². The second kappa shape index (κ2) is 3.96. The van der Waals surface area contributed by atoms with Crippen LogP contribution in [0.3, 0.4) is 0 Å². The summed E-state index contributed by atoms with van der Waals surface area (Å²) >= 11 is 0. The molecule has 0 aromatic heterocycles. The van der Waals surface area contributed by atoms with E-state index in [0.717, 1.165) is 6.08 Å². The SMILES string of the molecule is CC(C)=CC(=O)C1(C(F)(F)F)CCNC1. The first kappa shape index (κ1) is 12.2. The largest absolute Gasteiger partial charge is 0.402 e. The van der Waals surface area contributed by atoms with Gasteiger partial charge in [-0.3, -0.25) is 4.79 Å². The van der Waals surface area contributed by atoms with Crippen LogP contribution in [0.25, 0.3) is 0 Å². The second-order valence-corrected chi connectivity index (χ2v) is 4.09. The number of carbonyl (C=O) groups excluding carboxylic acids is 1. The maximum absolute atomic E-state index is 12.8. The fourth-order valence-corrected chi connectivity index (χ4v) is 1.68. The lowest BCUT2D eigenvalue weighted by Crippen LogP contribution is -2.46. The Morgan fingerprint density at radius 1 is 1.40 bits per heavy atom. The van der Waals surface area contributed by atoms with E-state index in [4.69, 9.17) is 0 Å². The van der Waals surface area contributed by atoms with Gasteiger partial charge in [-0.05, 0) is 32.9 Å². The van der Waals surface area contributed by atoms with Crippen LogP contribution in [0.15, 0.2) is 11.6 Å². The van der Waals surface area contributed by atoms with Crippen LogP contribution in [0, 0.1) is 5.41 Å². The number of carbonyl (C=O) groups is 1. The molecule has 0 aliphatic carbocycles. The van der Waals surface area contributed by atoms with Gasteiger partial charge in [0.15, 0.2) is 5.78 Å². The minimum atomic E-state index is -4.47. The number of alkyl halides is 3. The minimum Gasteiger partial charge on any atom is -0.315 e. The number of hydrogen-bond donors (Lipinski definition) is 1. The molecule has 1 heterocycles. The third kappa shape index (κ3) is 2.22. The Hall–Kier alpha value is -0.840. The number of rotatable bonds is 2. The Bertz CT molecular complexity index is 284. The number of allylic oxidation sites excluding steroid dienone is 2. The summed E-state index contributed by atoms with van der Waals surface area (Å²) in [6.45, 7) is 3.16. The van der Waals surface area contributed by atoms with E-state index in [0.29, 0.717) is 5.57 Å². The first-order chi connectivity index (χ1) is 6.79. The van der Waals surface area contributed by atoms with Gasteiger partial charge in [-0.15, -0.1) is 0 Å². The molecule has 1 aliphatic rings. The van der Waals surface area contributed by atoms with Crippen LogP contribution in [0.1, 0.15) is 20.3 Å². The zero-order chi connectivity index (χ0) is 11.7. The van der Waals surface area contributed by atoms with Crippen molar-refractivity contribution in [1.82, 2.24) is 5.32 Å². The number of ketones is 1. The molecule has 1 rings (SSSR count). The molecule has 0 spiro atoms. The lowest BCUT2D eigenvalue weighted by molar-refractivity contribution is -0.212. The van der Waals surface area contributed by atoms with Gasteiger partial charge in [0.1, 0.15) is 5.41 Å². The first-order valence-electron chi connectivity index (χ1n) is 4.76. The highest BCUT2D eigenvalue weighted by Crippen LogP contribution is 2.44. The second-order valence-electron chi connectivity index (χ2n) is 4.09. The van der Waals surface area contributed by atoms with Gasteiger partial charge in [0.05, 0.1) is 0 Å². The zero-order valence-electron chi connectivity index (χ0n) is 8.74. The molecule has 1 aliphatic heterocycles. The third-order valence-electron chi connectivity index (χ3n) is 2.59. The molecular weight excluding hydrogens is 207 g/mol. The van der Waals surface area contributed by atoms with E-state index in [-0.39, 0.29) is 19.5 Å². The van der Waals surface area contributed by atoms with Crippen molar-refractivity contribution < 1.29 is 18.0 Å². The fourth-order valence-electron chi connectivity index (χ4n) is 1.68. The molecular formula is C10H14F3NO. The smallest absolute Gasteiger partial charge is 0.315 e. The van der Waals surface area contributed by atoms with Gasteiger partial charge < -0.3 is 5.32 Å². The van der Waals surface area contributed by atoms with Gasteiger partial charge in [-0.25, -0.2) is 0 Å². The molecule has 2 nitrogen and oxygen atoms in total. The van der Waals surface area contributed by atoms with E-state index in [1.54, 1.807) is 13.8 Å². The van der Waals surface area contributed by atoms with E-state index >= 15 is 0 Å². The van der Waals surface area contributed by atoms with Crippen molar-refractivity contribution in [1.29, 1.82) is 0 Å². The van der Waals surface area contributed by atoms with Crippen molar-refractivity contribution >= 4 is 5.78 Å². The van der Waals surface area contributed by atoms with Gasteiger partial charge in [0.2, 0.25) is 0 Å². The van der Waals surface area contributed by atoms with Crippen LogP contribution >= 0.6 is 0 Å². The standard InChI is InChI=1S/C10H14F3NO/c1-7(2)5-8(15)9(10(11,12)13)3-4-14-6-9/h5,14H,3-4,6H2,1-2H3. The molecule has 1 saturated heterocycles. The maximum atomic E-state index is 12.8. The Balaban J connectivity index is 3.03. The summed E-state index contributed by atoms with van der Waals surface area (Å²) in [7, 11) is 0. The van der Waals surface area contributed by atoms with E-state index in [1.807, 2.05) is 0 Å². The quantitative estimate of drug-likeness (QED) is 0.723. The van der Waals surface area contributed by atoms with Gasteiger partial charge in [-0.2, -0.15) is 13.2 Å². The average Bonchev–Trinajstić information content (AvgIpc) is 2.49. The van der Waals surface area contributed by atoms with Crippen molar-refractivity contribution in [2.45, 2.75) is 26.4 Å². The lowest BCUT2D eigenvalue weighted by Gasteiger charge is -2.28. The summed E-state index contributed by atoms with van der Waals surface area (Å²) in [5.41, 5.74) is -1.61. The van der Waals surface area contributed by atoms with Crippen molar-refractivity contribution in [3.8, 4) is 0 Å². The first-order valence-corrected chi connectivity index (χ1v) is 4.76. The van der Waals surface area contributed by atoms with Crippen molar-refractivity contribution in [3.05, 3.63) is 11.6 Å². The average molecular weight is 221 g/mol. The number of hydrogen-bond acceptors (Lipinski definition) is 2. The molecule has 1 N–H and O–H groups in total. The van der Waals surface area contributed by atoms with Gasteiger partial charge in [0.25, 0.3) is 0 Å². The van der Waals surface area contributed by atoms with Crippen molar-refractivity contribution in [2.24, 2.45) is 5.41 Å². The molecule has 0 saturated carbocycles. The molecule has 1 unspecified atom stereocenters. The van der Waals surface area contributed by atoms with Crippen LogP contribution in [-0.4, -0.2) is 25.0 Å². The lowest BCUT2D eigenvalue weighted by atomic mass is 9.81. The summed E-state index contributed by atoms with van der Waals surface area (Å²) < 4.78 is 38.5. The Morgan fingerprint density at radius 2 is 2.00 bits per heavy atom. The van der Waals surface area contributed by atoms with E-state index in [9.17, 15) is 18.0 Å². The molecule has 0 aromatic carbocycles. The normalized spacial score (nSPS) is 26.5. The van der Waals surface area contributed by atoms with Crippen molar-refractivity contribution in [3.63, 3.8) is 0 Å². The Kier molecular flexibility index (Phi) is 3.23. The van der Waals surface area contributed by atoms with E-state index in [1.165, 1.54) is 0 Å². The van der Waals surface area contributed by atoms with Crippen LogP contribution in [-0.2, 0) is 4.79 Å². The zero-order valence-corrected chi connectivity index (χ0v) is 8.74. The summed E-state index contributed by atoms with van der Waals surface area (Å²) in [6, 6.07) is 0. The summed E-state index contributed by atoms with van der Waals surface area (Å²) in [4.78, 5) is 11.6. The number of nitrogens with one attached hydrogen (secondary N) is 1. The molecule has 0 bridgehead atoms. The molecule has 86 valence electrons. The number of halogens is 3. The van der Waals surface area contributed by atoms with Crippen LogP contribution in [0.5, 0.6) is 0 Å². The molecule has 15 heavy (non-hydrogen) atoms. The monoisotopic (exact) mass is 221 g/mol.